The largest absolute Gasteiger partial charge is 0.550 e. The van der Waals surface area contributed by atoms with Gasteiger partial charge in [-0.15, -0.1) is 0 Å². The first-order valence-electron chi connectivity index (χ1n) is 5.52. The maximum absolute atomic E-state index is 11.3. The van der Waals surface area contributed by atoms with E-state index in [2.05, 4.69) is 4.74 Å². The molecule has 0 heterocycles. The van der Waals surface area contributed by atoms with Crippen LogP contribution in [-0.2, 0) is 27.2 Å². The molecular weight excluding hydrogens is 252 g/mol. The summed E-state index contributed by atoms with van der Waals surface area (Å²) in [4.78, 5) is 22.0. The first-order chi connectivity index (χ1) is 9.01. The summed E-state index contributed by atoms with van der Waals surface area (Å²) in [5.41, 5.74) is 0.941. The number of aliphatic carboxylic acids is 1. The molecule has 0 radical (unpaired) electrons. The van der Waals surface area contributed by atoms with Gasteiger partial charge in [-0.25, -0.2) is 0 Å². The van der Waals surface area contributed by atoms with Gasteiger partial charge < -0.3 is 24.1 Å². The van der Waals surface area contributed by atoms with E-state index in [1.54, 1.807) is 6.07 Å². The van der Waals surface area contributed by atoms with Gasteiger partial charge in [-0.05, 0) is 23.3 Å². The molecule has 0 bridgehead atoms. The summed E-state index contributed by atoms with van der Waals surface area (Å²) < 4.78 is 14.8. The second-order valence-electron chi connectivity index (χ2n) is 3.78. The van der Waals surface area contributed by atoms with E-state index in [1.807, 2.05) is 0 Å². The molecule has 0 atom stereocenters. The summed E-state index contributed by atoms with van der Waals surface area (Å²) in [5.74, 6) is -0.888. The van der Waals surface area contributed by atoms with Crippen molar-refractivity contribution in [3.8, 4) is 11.5 Å². The Morgan fingerprint density at radius 1 is 1.00 bits per heavy atom. The molecule has 6 heteroatoms. The SMILES string of the molecule is COC(=O)Cc1cc(OC)c(OC)cc1CC(=O)[O-]. The summed E-state index contributed by atoms with van der Waals surface area (Å²) in [5, 5.41) is 10.7. The molecule has 0 N–H and O–H groups in total. The van der Waals surface area contributed by atoms with Crippen LogP contribution in [0.1, 0.15) is 11.1 Å². The Bertz CT molecular complexity index is 480. The van der Waals surface area contributed by atoms with Crippen LogP contribution in [0.25, 0.3) is 0 Å². The average molecular weight is 267 g/mol. The Hall–Kier alpha value is -2.24. The minimum absolute atomic E-state index is 0.0422. The highest BCUT2D eigenvalue weighted by Gasteiger charge is 2.14. The number of carboxylic acid groups (broad SMARTS) is 1. The van der Waals surface area contributed by atoms with Gasteiger partial charge in [0.05, 0.1) is 27.8 Å². The van der Waals surface area contributed by atoms with E-state index in [1.165, 1.54) is 27.4 Å². The van der Waals surface area contributed by atoms with E-state index >= 15 is 0 Å². The monoisotopic (exact) mass is 267 g/mol. The highest BCUT2D eigenvalue weighted by molar-refractivity contribution is 5.75. The Balaban J connectivity index is 3.22. The van der Waals surface area contributed by atoms with Gasteiger partial charge in [-0.2, -0.15) is 0 Å². The molecule has 19 heavy (non-hydrogen) atoms. The van der Waals surface area contributed by atoms with E-state index in [0.29, 0.717) is 22.6 Å². The fourth-order valence-electron chi connectivity index (χ4n) is 1.68. The van der Waals surface area contributed by atoms with Gasteiger partial charge >= 0.3 is 5.97 Å². The molecule has 104 valence electrons. The Morgan fingerprint density at radius 3 is 1.84 bits per heavy atom. The standard InChI is InChI=1S/C13H16O6/c1-17-10-4-8(6-12(14)15)9(5-11(10)18-2)7-13(16)19-3/h4-5H,6-7H2,1-3H3,(H,14,15)/p-1. The van der Waals surface area contributed by atoms with Gasteiger partial charge in [0.15, 0.2) is 11.5 Å². The van der Waals surface area contributed by atoms with E-state index < -0.39 is 11.9 Å². The Labute approximate surface area is 110 Å². The van der Waals surface area contributed by atoms with E-state index in [0.717, 1.165) is 0 Å². The van der Waals surface area contributed by atoms with Crippen LogP contribution >= 0.6 is 0 Å². The third-order valence-corrected chi connectivity index (χ3v) is 2.60. The number of hydrogen-bond acceptors (Lipinski definition) is 6. The minimum atomic E-state index is -1.24. The third-order valence-electron chi connectivity index (χ3n) is 2.60. The van der Waals surface area contributed by atoms with Crippen molar-refractivity contribution in [3.63, 3.8) is 0 Å². The van der Waals surface area contributed by atoms with Crippen molar-refractivity contribution in [2.75, 3.05) is 21.3 Å². The predicted octanol–water partition coefficient (Wildman–Crippen LogP) is -0.288. The summed E-state index contributed by atoms with van der Waals surface area (Å²) in [6, 6.07) is 3.08. The molecule has 0 spiro atoms. The van der Waals surface area contributed by atoms with Crippen LogP contribution in [0.15, 0.2) is 12.1 Å². The minimum Gasteiger partial charge on any atom is -0.550 e. The number of hydrogen-bond donors (Lipinski definition) is 0. The zero-order chi connectivity index (χ0) is 14.4. The topological polar surface area (TPSA) is 84.9 Å². The molecule has 0 saturated heterocycles. The normalized spacial score (nSPS) is 9.84. The number of esters is 1. The van der Waals surface area contributed by atoms with Crippen molar-refractivity contribution < 1.29 is 28.9 Å². The maximum Gasteiger partial charge on any atom is 0.309 e. The lowest BCUT2D eigenvalue weighted by Crippen LogP contribution is -2.25. The molecule has 0 amide bonds. The highest BCUT2D eigenvalue weighted by Crippen LogP contribution is 2.31. The van der Waals surface area contributed by atoms with Crippen LogP contribution in [0.3, 0.4) is 0 Å². The predicted molar refractivity (Wildman–Crippen MR) is 64.0 cm³/mol. The van der Waals surface area contributed by atoms with E-state index in [4.69, 9.17) is 9.47 Å². The zero-order valence-electron chi connectivity index (χ0n) is 11.0. The number of benzene rings is 1. The van der Waals surface area contributed by atoms with E-state index in [9.17, 15) is 14.7 Å². The fourth-order valence-corrected chi connectivity index (χ4v) is 1.68. The Kier molecular flexibility index (Phi) is 5.17. The molecule has 1 aromatic carbocycles. The Morgan fingerprint density at radius 2 is 1.47 bits per heavy atom. The highest BCUT2D eigenvalue weighted by atomic mass is 16.5. The van der Waals surface area contributed by atoms with Crippen molar-refractivity contribution in [2.24, 2.45) is 0 Å². The number of methoxy groups -OCH3 is 3. The first-order valence-corrected chi connectivity index (χ1v) is 5.52. The molecule has 0 saturated carbocycles. The van der Waals surface area contributed by atoms with E-state index in [-0.39, 0.29) is 12.8 Å². The molecule has 0 aromatic heterocycles. The van der Waals surface area contributed by atoms with Crippen LogP contribution in [0.2, 0.25) is 0 Å². The number of ether oxygens (including phenoxy) is 3. The first kappa shape index (κ1) is 14.8. The fraction of sp³-hybridized carbons (Fsp3) is 0.385. The van der Waals surface area contributed by atoms with Gasteiger partial charge in [0.2, 0.25) is 0 Å². The van der Waals surface area contributed by atoms with Crippen LogP contribution in [0, 0.1) is 0 Å². The van der Waals surface area contributed by atoms with Gasteiger partial charge in [0.1, 0.15) is 0 Å². The van der Waals surface area contributed by atoms with Gasteiger partial charge in [0.25, 0.3) is 0 Å². The van der Waals surface area contributed by atoms with Crippen molar-refractivity contribution in [2.45, 2.75) is 12.8 Å². The second kappa shape index (κ2) is 6.63. The number of carbonyl (C=O) groups excluding carboxylic acids is 2. The second-order valence-corrected chi connectivity index (χ2v) is 3.78. The molecule has 0 aliphatic rings. The van der Waals surface area contributed by atoms with Gasteiger partial charge in [-0.1, -0.05) is 0 Å². The zero-order valence-corrected chi connectivity index (χ0v) is 11.0. The quantitative estimate of drug-likeness (QED) is 0.658. The summed E-state index contributed by atoms with van der Waals surface area (Å²) >= 11 is 0. The van der Waals surface area contributed by atoms with Crippen LogP contribution in [0.4, 0.5) is 0 Å². The molecule has 6 nitrogen and oxygen atoms in total. The third kappa shape index (κ3) is 3.87. The van der Waals surface area contributed by atoms with Crippen molar-refractivity contribution in [1.29, 1.82) is 0 Å². The smallest absolute Gasteiger partial charge is 0.309 e. The lowest BCUT2D eigenvalue weighted by atomic mass is 10.0. The molecule has 0 aliphatic heterocycles. The molecule has 0 fully saturated rings. The van der Waals surface area contributed by atoms with Crippen LogP contribution in [0.5, 0.6) is 11.5 Å². The van der Waals surface area contributed by atoms with Crippen molar-refractivity contribution in [1.82, 2.24) is 0 Å². The average Bonchev–Trinajstić information content (AvgIpc) is 2.39. The van der Waals surface area contributed by atoms with Crippen molar-refractivity contribution >= 4 is 11.9 Å². The molecule has 0 unspecified atom stereocenters. The summed E-state index contributed by atoms with van der Waals surface area (Å²) in [6.07, 6.45) is -0.355. The number of carboxylic acids is 1. The van der Waals surface area contributed by atoms with Crippen LogP contribution in [-0.4, -0.2) is 33.3 Å². The summed E-state index contributed by atoms with van der Waals surface area (Å²) in [7, 11) is 4.17. The van der Waals surface area contributed by atoms with Gasteiger partial charge in [0, 0.05) is 12.4 Å². The lowest BCUT2D eigenvalue weighted by molar-refractivity contribution is -0.304. The van der Waals surface area contributed by atoms with Crippen molar-refractivity contribution in [3.05, 3.63) is 23.3 Å². The summed E-state index contributed by atoms with van der Waals surface area (Å²) in [6.45, 7) is 0. The lowest BCUT2D eigenvalue weighted by Gasteiger charge is -2.14. The number of rotatable bonds is 6. The maximum atomic E-state index is 11.3. The van der Waals surface area contributed by atoms with Gasteiger partial charge in [-0.3, -0.25) is 4.79 Å². The molecule has 1 aromatic rings. The van der Waals surface area contributed by atoms with Crippen LogP contribution < -0.4 is 14.6 Å². The number of carbonyl (C=O) groups is 2. The molecule has 0 aliphatic carbocycles. The molecular formula is C13H15O6-. The molecule has 1 rings (SSSR count).